The maximum Gasteiger partial charge on any atom is 0.416 e. The molecule has 9 heteroatoms. The number of carbonyl (C=O) groups is 1. The fraction of sp³-hybridized carbons (Fsp3) is 0.579. The number of aliphatic hydroxyl groups is 1. The number of carbonyl (C=O) groups excluding carboxylic acids is 1. The van der Waals surface area contributed by atoms with Gasteiger partial charge in [-0.3, -0.25) is 0 Å². The predicted molar refractivity (Wildman–Crippen MR) is 99.1 cm³/mol. The fourth-order valence-electron chi connectivity index (χ4n) is 2.14. The van der Waals surface area contributed by atoms with Gasteiger partial charge in [0.25, 0.3) is 0 Å². The van der Waals surface area contributed by atoms with E-state index in [4.69, 9.17) is 14.7 Å². The average Bonchev–Trinajstić information content (AvgIpc) is 2.58. The number of alkyl halides is 3. The molecule has 0 aliphatic heterocycles. The monoisotopic (exact) mass is 404 g/mol. The summed E-state index contributed by atoms with van der Waals surface area (Å²) < 4.78 is 43.2. The van der Waals surface area contributed by atoms with Crippen LogP contribution in [0, 0.1) is 0 Å². The molecule has 0 atom stereocenters. The maximum absolute atomic E-state index is 12.7. The van der Waals surface area contributed by atoms with Crippen molar-refractivity contribution in [1.29, 1.82) is 0 Å². The molecule has 1 amide bonds. The Kier molecular flexibility index (Phi) is 9.24. The van der Waals surface area contributed by atoms with Crippen molar-refractivity contribution in [3.8, 4) is 0 Å². The van der Waals surface area contributed by atoms with Gasteiger partial charge in [0.1, 0.15) is 12.2 Å². The van der Waals surface area contributed by atoms with Crippen LogP contribution in [0.2, 0.25) is 0 Å². The van der Waals surface area contributed by atoms with Crippen molar-refractivity contribution in [2.24, 2.45) is 5.16 Å². The van der Waals surface area contributed by atoms with E-state index in [1.54, 1.807) is 20.8 Å². The first kappa shape index (κ1) is 23.7. The Labute approximate surface area is 162 Å². The minimum absolute atomic E-state index is 0.0148. The van der Waals surface area contributed by atoms with Crippen LogP contribution in [0.4, 0.5) is 18.0 Å². The zero-order valence-corrected chi connectivity index (χ0v) is 16.3. The van der Waals surface area contributed by atoms with Crippen LogP contribution in [0.3, 0.4) is 0 Å². The highest BCUT2D eigenvalue weighted by Crippen LogP contribution is 2.29. The van der Waals surface area contributed by atoms with Gasteiger partial charge in [0.2, 0.25) is 0 Å². The maximum atomic E-state index is 12.7. The summed E-state index contributed by atoms with van der Waals surface area (Å²) >= 11 is 0. The number of nitrogens with zero attached hydrogens (tertiary/aromatic N) is 1. The number of ether oxygens (including phenoxy) is 1. The third kappa shape index (κ3) is 9.59. The lowest BCUT2D eigenvalue weighted by Gasteiger charge is -2.19. The van der Waals surface area contributed by atoms with Gasteiger partial charge in [-0.1, -0.05) is 17.3 Å². The second-order valence-electron chi connectivity index (χ2n) is 7.06. The molecule has 0 aliphatic rings. The molecule has 0 saturated carbocycles. The molecule has 1 rings (SSSR count). The van der Waals surface area contributed by atoms with Crippen LogP contribution in [-0.2, 0) is 15.8 Å². The molecule has 0 bridgehead atoms. The summed E-state index contributed by atoms with van der Waals surface area (Å²) in [6.45, 7) is 5.49. The summed E-state index contributed by atoms with van der Waals surface area (Å²) in [5.74, 6) is 0. The molecular weight excluding hydrogens is 377 g/mol. The lowest BCUT2D eigenvalue weighted by molar-refractivity contribution is -0.137. The molecule has 0 heterocycles. The van der Waals surface area contributed by atoms with E-state index < -0.39 is 23.4 Å². The third-order valence-corrected chi connectivity index (χ3v) is 3.40. The number of aliphatic hydroxyl groups excluding tert-OH is 1. The summed E-state index contributed by atoms with van der Waals surface area (Å²) in [6, 6.07) is 4.65. The van der Waals surface area contributed by atoms with Gasteiger partial charge in [-0.25, -0.2) is 4.79 Å². The number of amides is 1. The Hall–Kier alpha value is -2.29. The van der Waals surface area contributed by atoms with Crippen molar-refractivity contribution in [3.63, 3.8) is 0 Å². The first-order chi connectivity index (χ1) is 13.0. The van der Waals surface area contributed by atoms with Crippen molar-refractivity contribution >= 4 is 11.8 Å². The first-order valence-electron chi connectivity index (χ1n) is 8.97. The van der Waals surface area contributed by atoms with Gasteiger partial charge in [-0.2, -0.15) is 13.2 Å². The van der Waals surface area contributed by atoms with Gasteiger partial charge < -0.3 is 20.0 Å². The Morgan fingerprint density at radius 1 is 1.14 bits per heavy atom. The van der Waals surface area contributed by atoms with Gasteiger partial charge >= 0.3 is 12.3 Å². The van der Waals surface area contributed by atoms with E-state index in [1.165, 1.54) is 12.1 Å². The molecule has 0 fully saturated rings. The van der Waals surface area contributed by atoms with Crippen molar-refractivity contribution in [1.82, 2.24) is 5.32 Å². The molecule has 0 aromatic heterocycles. The number of rotatable bonds is 9. The minimum atomic E-state index is -4.41. The Morgan fingerprint density at radius 2 is 1.79 bits per heavy atom. The van der Waals surface area contributed by atoms with Crippen LogP contribution in [0.15, 0.2) is 29.4 Å². The van der Waals surface area contributed by atoms with Crippen LogP contribution in [-0.4, -0.2) is 42.3 Å². The van der Waals surface area contributed by atoms with Crippen LogP contribution in [0.5, 0.6) is 0 Å². The summed E-state index contributed by atoms with van der Waals surface area (Å²) in [5.41, 5.74) is -0.370. The number of unbranched alkanes of at least 4 members (excludes halogenated alkanes) is 1. The Bertz CT molecular complexity index is 638. The topological polar surface area (TPSA) is 80.2 Å². The van der Waals surface area contributed by atoms with Gasteiger partial charge in [0.15, 0.2) is 0 Å². The highest BCUT2D eigenvalue weighted by atomic mass is 19.4. The second kappa shape index (κ2) is 10.9. The highest BCUT2D eigenvalue weighted by Gasteiger charge is 2.30. The van der Waals surface area contributed by atoms with E-state index in [-0.39, 0.29) is 19.8 Å². The highest BCUT2D eigenvalue weighted by molar-refractivity contribution is 6.00. The van der Waals surface area contributed by atoms with Crippen LogP contribution < -0.4 is 5.32 Å². The molecule has 1 aromatic rings. The molecule has 0 aliphatic carbocycles. The van der Waals surface area contributed by atoms with Crippen molar-refractivity contribution in [2.45, 2.75) is 51.8 Å². The summed E-state index contributed by atoms with van der Waals surface area (Å²) in [5, 5.41) is 15.4. The normalized spacial score (nSPS) is 12.6. The molecule has 1 aromatic carbocycles. The first-order valence-corrected chi connectivity index (χ1v) is 8.97. The number of hydrogen-bond acceptors (Lipinski definition) is 5. The second-order valence-corrected chi connectivity index (χ2v) is 7.06. The van der Waals surface area contributed by atoms with Crippen molar-refractivity contribution < 1.29 is 32.6 Å². The van der Waals surface area contributed by atoms with Crippen molar-refractivity contribution in [2.75, 3.05) is 19.8 Å². The molecule has 6 nitrogen and oxygen atoms in total. The van der Waals surface area contributed by atoms with E-state index in [1.807, 2.05) is 0 Å². The van der Waals surface area contributed by atoms with E-state index in [2.05, 4.69) is 10.5 Å². The number of oxime groups is 1. The smallest absolute Gasteiger partial charge is 0.416 e. The zero-order chi connectivity index (χ0) is 21.2. The number of nitrogens with one attached hydrogen (secondary N) is 1. The van der Waals surface area contributed by atoms with E-state index in [9.17, 15) is 18.0 Å². The van der Waals surface area contributed by atoms with Crippen LogP contribution in [0.25, 0.3) is 0 Å². The molecule has 0 saturated heterocycles. The minimum Gasteiger partial charge on any atom is -0.444 e. The number of benzene rings is 1. The molecule has 28 heavy (non-hydrogen) atoms. The van der Waals surface area contributed by atoms with Crippen LogP contribution in [0.1, 0.15) is 51.2 Å². The largest absolute Gasteiger partial charge is 0.444 e. The fourth-order valence-corrected chi connectivity index (χ4v) is 2.14. The van der Waals surface area contributed by atoms with Gasteiger partial charge in [-0.05, 0) is 57.7 Å². The van der Waals surface area contributed by atoms with Gasteiger partial charge in [0.05, 0.1) is 17.8 Å². The van der Waals surface area contributed by atoms with Crippen molar-refractivity contribution in [3.05, 3.63) is 35.4 Å². The lowest BCUT2D eigenvalue weighted by Crippen LogP contribution is -2.34. The summed E-state index contributed by atoms with van der Waals surface area (Å²) in [4.78, 5) is 16.7. The SMILES string of the molecule is CC(C)(C)OC(=O)NCCON=C(CCCCO)c1ccc(C(F)(F)F)cc1. The quantitative estimate of drug-likeness (QED) is 0.369. The predicted octanol–water partition coefficient (Wildman–Crippen LogP) is 4.11. The summed E-state index contributed by atoms with van der Waals surface area (Å²) in [6.07, 6.45) is -3.40. The standard InChI is InChI=1S/C19H27F3N2O4/c1-18(2,3)28-17(26)23-11-13-27-24-16(6-4-5-12-25)14-7-9-15(10-8-14)19(20,21)22/h7-10,25H,4-6,11-13H2,1-3H3,(H,23,26). The molecule has 0 spiro atoms. The third-order valence-electron chi connectivity index (χ3n) is 3.40. The van der Waals surface area contributed by atoms with Gasteiger partial charge in [-0.15, -0.1) is 0 Å². The zero-order valence-electron chi connectivity index (χ0n) is 16.3. The molecule has 0 radical (unpaired) electrons. The Morgan fingerprint density at radius 3 is 2.32 bits per heavy atom. The molecule has 0 unspecified atom stereocenters. The van der Waals surface area contributed by atoms with Crippen LogP contribution >= 0.6 is 0 Å². The number of alkyl carbamates (subject to hydrolysis) is 1. The Balaban J connectivity index is 2.64. The molecule has 158 valence electrons. The van der Waals surface area contributed by atoms with Gasteiger partial charge in [0, 0.05) is 6.61 Å². The summed E-state index contributed by atoms with van der Waals surface area (Å²) in [7, 11) is 0. The molecular formula is C19H27F3N2O4. The van der Waals surface area contributed by atoms with E-state index in [0.29, 0.717) is 30.5 Å². The molecule has 2 N–H and O–H groups in total. The lowest BCUT2D eigenvalue weighted by atomic mass is 10.0. The van der Waals surface area contributed by atoms with E-state index in [0.717, 1.165) is 12.1 Å². The average molecular weight is 404 g/mol. The van der Waals surface area contributed by atoms with E-state index >= 15 is 0 Å². The number of hydrogen-bond donors (Lipinski definition) is 2. The number of halogens is 3.